The molecule has 0 saturated carbocycles. The Morgan fingerprint density at radius 2 is 1.15 bits per heavy atom. The molecular weight excluding hydrogens is 512 g/mol. The maximum absolute atomic E-state index is 13.5. The molecule has 3 aromatic carbocycles. The lowest BCUT2D eigenvalue weighted by molar-refractivity contribution is -0.127. The van der Waals surface area contributed by atoms with Crippen molar-refractivity contribution in [2.24, 2.45) is 0 Å². The van der Waals surface area contributed by atoms with Gasteiger partial charge in [-0.2, -0.15) is 0 Å². The zero-order valence-corrected chi connectivity index (χ0v) is 23.4. The molecule has 9 nitrogen and oxygen atoms in total. The molecule has 4 rings (SSSR count). The summed E-state index contributed by atoms with van der Waals surface area (Å²) >= 11 is 0. The average Bonchev–Trinajstić information content (AvgIpc) is 3.02. The lowest BCUT2D eigenvalue weighted by atomic mass is 9.96. The first kappa shape index (κ1) is 28.4. The maximum Gasteiger partial charge on any atom is 0.254 e. The zero-order chi connectivity index (χ0) is 28.6. The summed E-state index contributed by atoms with van der Waals surface area (Å²) in [5.74, 6) is 2.13. The Labute approximate surface area is 234 Å². The van der Waals surface area contributed by atoms with Crippen LogP contribution in [0, 0.1) is 0 Å². The molecule has 0 N–H and O–H groups in total. The van der Waals surface area contributed by atoms with Gasteiger partial charge in [0.05, 0.1) is 35.5 Å². The minimum atomic E-state index is -0.169. The fourth-order valence-corrected chi connectivity index (χ4v) is 4.69. The second-order valence-corrected chi connectivity index (χ2v) is 9.03. The lowest BCUT2D eigenvalue weighted by Crippen LogP contribution is -2.50. The van der Waals surface area contributed by atoms with Gasteiger partial charge in [0, 0.05) is 37.8 Å². The molecule has 0 aliphatic carbocycles. The van der Waals surface area contributed by atoms with Crippen molar-refractivity contribution < 1.29 is 33.3 Å². The van der Waals surface area contributed by atoms with Crippen LogP contribution in [-0.2, 0) is 4.79 Å². The Hall–Kier alpha value is -4.66. The Morgan fingerprint density at radius 1 is 0.600 bits per heavy atom. The van der Waals surface area contributed by atoms with E-state index in [1.165, 1.54) is 21.3 Å². The summed E-state index contributed by atoms with van der Waals surface area (Å²) in [5.41, 5.74) is 2.92. The average molecular weight is 547 g/mol. The second-order valence-electron chi connectivity index (χ2n) is 9.03. The molecule has 3 aromatic rings. The summed E-state index contributed by atoms with van der Waals surface area (Å²) in [6.07, 6.45) is 1.65. The highest BCUT2D eigenvalue weighted by Crippen LogP contribution is 2.38. The van der Waals surface area contributed by atoms with Gasteiger partial charge in [0.25, 0.3) is 5.91 Å². The second kappa shape index (κ2) is 12.9. The first-order valence-corrected chi connectivity index (χ1v) is 12.8. The van der Waals surface area contributed by atoms with Crippen molar-refractivity contribution in [2.45, 2.75) is 0 Å². The summed E-state index contributed by atoms with van der Waals surface area (Å²) in [5, 5.41) is 0. The predicted molar refractivity (Wildman–Crippen MR) is 152 cm³/mol. The maximum atomic E-state index is 13.5. The van der Waals surface area contributed by atoms with E-state index in [0.717, 1.165) is 16.7 Å². The van der Waals surface area contributed by atoms with Gasteiger partial charge in [-0.25, -0.2) is 0 Å². The Bertz CT molecular complexity index is 1350. The van der Waals surface area contributed by atoms with Crippen molar-refractivity contribution in [2.75, 3.05) is 61.7 Å². The van der Waals surface area contributed by atoms with E-state index in [4.69, 9.17) is 23.7 Å². The van der Waals surface area contributed by atoms with Crippen LogP contribution in [0.4, 0.5) is 0 Å². The Morgan fingerprint density at radius 3 is 1.70 bits per heavy atom. The summed E-state index contributed by atoms with van der Waals surface area (Å²) < 4.78 is 27.0. The molecule has 0 radical (unpaired) electrons. The number of benzene rings is 3. The summed E-state index contributed by atoms with van der Waals surface area (Å²) in [6, 6.07) is 18.6. The summed E-state index contributed by atoms with van der Waals surface area (Å²) in [7, 11) is 7.70. The molecule has 9 heteroatoms. The standard InChI is InChI=1S/C31H34N2O7/c1-36-25-12-11-22(17-26(25)37-2)24(21-9-7-6-8-10-21)20-29(34)32-13-15-33(16-14-32)31(35)23-18-27(38-3)30(40-5)28(19-23)39-4/h6-12,17-20H,13-16H2,1-5H3. The molecule has 0 aromatic heterocycles. The van der Waals surface area contributed by atoms with Gasteiger partial charge in [-0.3, -0.25) is 9.59 Å². The van der Waals surface area contributed by atoms with Crippen molar-refractivity contribution in [3.05, 3.63) is 83.4 Å². The molecule has 0 spiro atoms. The molecule has 1 fully saturated rings. The van der Waals surface area contributed by atoms with Crippen molar-refractivity contribution >= 4 is 17.4 Å². The van der Waals surface area contributed by atoms with Crippen LogP contribution < -0.4 is 23.7 Å². The number of hydrogen-bond acceptors (Lipinski definition) is 7. The fraction of sp³-hybridized carbons (Fsp3) is 0.290. The van der Waals surface area contributed by atoms with Crippen LogP contribution in [-0.4, -0.2) is 83.3 Å². The van der Waals surface area contributed by atoms with Crippen molar-refractivity contribution in [3.63, 3.8) is 0 Å². The first-order valence-electron chi connectivity index (χ1n) is 12.8. The number of methoxy groups -OCH3 is 5. The van der Waals surface area contributed by atoms with Crippen molar-refractivity contribution in [1.29, 1.82) is 0 Å². The molecule has 40 heavy (non-hydrogen) atoms. The van der Waals surface area contributed by atoms with Crippen molar-refractivity contribution in [3.8, 4) is 28.7 Å². The van der Waals surface area contributed by atoms with Gasteiger partial charge in [0.2, 0.25) is 11.7 Å². The Balaban J connectivity index is 1.53. The Kier molecular flexibility index (Phi) is 9.16. The van der Waals surface area contributed by atoms with Gasteiger partial charge >= 0.3 is 0 Å². The van der Waals surface area contributed by atoms with Gasteiger partial charge < -0.3 is 33.5 Å². The van der Waals surface area contributed by atoms with Crippen LogP contribution in [0.1, 0.15) is 21.5 Å². The van der Waals surface area contributed by atoms with E-state index in [0.29, 0.717) is 60.5 Å². The van der Waals surface area contributed by atoms with Gasteiger partial charge in [0.1, 0.15) is 0 Å². The molecule has 0 bridgehead atoms. The molecule has 1 aliphatic heterocycles. The largest absolute Gasteiger partial charge is 0.493 e. The van der Waals surface area contributed by atoms with Crippen LogP contribution in [0.25, 0.3) is 5.57 Å². The molecule has 1 aliphatic rings. The molecule has 1 saturated heterocycles. The fourth-order valence-electron chi connectivity index (χ4n) is 4.69. The number of carbonyl (C=O) groups is 2. The van der Waals surface area contributed by atoms with Gasteiger partial charge in [0.15, 0.2) is 23.0 Å². The summed E-state index contributed by atoms with van der Waals surface area (Å²) in [6.45, 7) is 1.59. The smallest absolute Gasteiger partial charge is 0.254 e. The minimum Gasteiger partial charge on any atom is -0.493 e. The zero-order valence-electron chi connectivity index (χ0n) is 23.4. The van der Waals surface area contributed by atoms with Crippen molar-refractivity contribution in [1.82, 2.24) is 9.80 Å². The number of ether oxygens (including phenoxy) is 5. The first-order chi connectivity index (χ1) is 19.4. The number of nitrogens with zero attached hydrogens (tertiary/aromatic N) is 2. The highest BCUT2D eigenvalue weighted by Gasteiger charge is 2.26. The SMILES string of the molecule is COc1ccc(C(=CC(=O)N2CCN(C(=O)c3cc(OC)c(OC)c(OC)c3)CC2)c2ccccc2)cc1OC. The monoisotopic (exact) mass is 546 g/mol. The van der Waals surface area contributed by atoms with Crippen LogP contribution in [0.3, 0.4) is 0 Å². The van der Waals surface area contributed by atoms with E-state index in [9.17, 15) is 9.59 Å². The van der Waals surface area contributed by atoms with Crippen LogP contribution >= 0.6 is 0 Å². The van der Waals surface area contributed by atoms with E-state index in [-0.39, 0.29) is 11.8 Å². The molecule has 210 valence electrons. The van der Waals surface area contributed by atoms with Crippen LogP contribution in [0.5, 0.6) is 28.7 Å². The summed E-state index contributed by atoms with van der Waals surface area (Å²) in [4.78, 5) is 30.2. The molecular formula is C31H34N2O7. The highest BCUT2D eigenvalue weighted by molar-refractivity contribution is 6.00. The molecule has 0 unspecified atom stereocenters. The highest BCUT2D eigenvalue weighted by atomic mass is 16.5. The van der Waals surface area contributed by atoms with E-state index < -0.39 is 0 Å². The van der Waals surface area contributed by atoms with E-state index >= 15 is 0 Å². The lowest BCUT2D eigenvalue weighted by Gasteiger charge is -2.34. The van der Waals surface area contributed by atoms with Gasteiger partial charge in [-0.15, -0.1) is 0 Å². The quantitative estimate of drug-likeness (QED) is 0.373. The van der Waals surface area contributed by atoms with Gasteiger partial charge in [-0.05, 0) is 41.0 Å². The molecule has 1 heterocycles. The van der Waals surface area contributed by atoms with E-state index in [1.807, 2.05) is 48.5 Å². The van der Waals surface area contributed by atoms with Crippen LogP contribution in [0.15, 0.2) is 66.7 Å². The normalized spacial score (nSPS) is 13.5. The van der Waals surface area contributed by atoms with Crippen LogP contribution in [0.2, 0.25) is 0 Å². The number of amides is 2. The number of carbonyl (C=O) groups excluding carboxylic acids is 2. The third-order valence-electron chi connectivity index (χ3n) is 6.84. The number of piperazine rings is 1. The van der Waals surface area contributed by atoms with Gasteiger partial charge in [-0.1, -0.05) is 36.4 Å². The molecule has 0 atom stereocenters. The molecule has 2 amide bonds. The van der Waals surface area contributed by atoms with E-state index in [1.54, 1.807) is 42.2 Å². The number of rotatable bonds is 9. The minimum absolute atomic E-state index is 0.131. The topological polar surface area (TPSA) is 86.8 Å². The third kappa shape index (κ3) is 5.98. The predicted octanol–water partition coefficient (Wildman–Crippen LogP) is 4.15. The van der Waals surface area contributed by atoms with E-state index in [2.05, 4.69) is 0 Å². The number of hydrogen-bond donors (Lipinski definition) is 0. The third-order valence-corrected chi connectivity index (χ3v) is 6.84.